The molecule has 0 aromatic carbocycles. The predicted octanol–water partition coefficient (Wildman–Crippen LogP) is 4.46. The van der Waals surface area contributed by atoms with Gasteiger partial charge in [0, 0.05) is 11.3 Å². The number of ether oxygens (including phenoxy) is 1. The third-order valence-corrected chi connectivity index (χ3v) is 3.48. The first kappa shape index (κ1) is 17.5. The zero-order valence-corrected chi connectivity index (χ0v) is 13.0. The minimum Gasteiger partial charge on any atom is -0.453 e. The zero-order chi connectivity index (χ0) is 13.6. The molecule has 0 fully saturated rings. The van der Waals surface area contributed by atoms with Crippen molar-refractivity contribution in [3.63, 3.8) is 0 Å². The second-order valence-electron chi connectivity index (χ2n) is 4.67. The number of rotatable bonds is 11. The summed E-state index contributed by atoms with van der Waals surface area (Å²) < 4.78 is 4.99. The molecule has 3 heteroatoms. The molecular weight excluding hydrogens is 292 g/mol. The van der Waals surface area contributed by atoms with Gasteiger partial charge >= 0.3 is 5.97 Å². The van der Waals surface area contributed by atoms with Crippen LogP contribution in [0.4, 0.5) is 0 Å². The third kappa shape index (κ3) is 12.0. The number of terminal acetylenes is 1. The Balaban J connectivity index is 3.20. The average molecular weight is 317 g/mol. The van der Waals surface area contributed by atoms with Crippen molar-refractivity contribution < 1.29 is 9.53 Å². The van der Waals surface area contributed by atoms with Gasteiger partial charge in [-0.2, -0.15) is 0 Å². The molecule has 2 nitrogen and oxygen atoms in total. The number of hydrogen-bond acceptors (Lipinski definition) is 2. The molecule has 0 bridgehead atoms. The quantitative estimate of drug-likeness (QED) is 0.185. The lowest BCUT2D eigenvalue weighted by molar-refractivity contribution is -0.141. The van der Waals surface area contributed by atoms with Gasteiger partial charge < -0.3 is 4.74 Å². The van der Waals surface area contributed by atoms with Crippen molar-refractivity contribution in [1.82, 2.24) is 0 Å². The number of carbonyl (C=O) groups excluding carboxylic acids is 1. The van der Waals surface area contributed by atoms with Gasteiger partial charge in [0.1, 0.15) is 6.10 Å². The van der Waals surface area contributed by atoms with Crippen molar-refractivity contribution in [3.8, 4) is 12.3 Å². The monoisotopic (exact) mass is 316 g/mol. The number of hydrogen-bond donors (Lipinski definition) is 0. The molecule has 0 heterocycles. The van der Waals surface area contributed by atoms with Gasteiger partial charge in [0.15, 0.2) is 0 Å². The molecule has 0 amide bonds. The van der Waals surface area contributed by atoms with E-state index in [1.807, 2.05) is 12.8 Å². The van der Waals surface area contributed by atoms with Gasteiger partial charge in [0.25, 0.3) is 0 Å². The van der Waals surface area contributed by atoms with Crippen molar-refractivity contribution in [2.75, 3.05) is 5.33 Å². The summed E-state index contributed by atoms with van der Waals surface area (Å²) in [4.78, 5) is 10.8. The summed E-state index contributed by atoms with van der Waals surface area (Å²) in [5, 5.41) is 1.13. The molecular formula is C15H25BrO2. The maximum absolute atomic E-state index is 10.8. The van der Waals surface area contributed by atoms with E-state index in [9.17, 15) is 4.79 Å². The second-order valence-corrected chi connectivity index (χ2v) is 5.46. The van der Waals surface area contributed by atoms with Crippen molar-refractivity contribution in [2.24, 2.45) is 0 Å². The van der Waals surface area contributed by atoms with E-state index in [-0.39, 0.29) is 6.10 Å². The van der Waals surface area contributed by atoms with E-state index < -0.39 is 5.97 Å². The summed E-state index contributed by atoms with van der Waals surface area (Å²) in [5.41, 5.74) is 0. The van der Waals surface area contributed by atoms with Gasteiger partial charge in [-0.3, -0.25) is 0 Å². The van der Waals surface area contributed by atoms with E-state index in [2.05, 4.69) is 15.9 Å². The van der Waals surface area contributed by atoms with E-state index in [1.54, 1.807) is 0 Å². The molecule has 18 heavy (non-hydrogen) atoms. The van der Waals surface area contributed by atoms with Crippen LogP contribution >= 0.6 is 15.9 Å². The summed E-state index contributed by atoms with van der Waals surface area (Å²) in [6.07, 6.45) is 16.1. The molecule has 0 aliphatic rings. The Morgan fingerprint density at radius 1 is 1.11 bits per heavy atom. The van der Waals surface area contributed by atoms with E-state index in [0.717, 1.165) is 18.2 Å². The van der Waals surface area contributed by atoms with Gasteiger partial charge in [0.05, 0.1) is 0 Å². The van der Waals surface area contributed by atoms with Gasteiger partial charge in [-0.15, -0.1) is 6.42 Å². The maximum atomic E-state index is 10.8. The van der Waals surface area contributed by atoms with E-state index in [1.165, 1.54) is 44.9 Å². The van der Waals surface area contributed by atoms with Crippen molar-refractivity contribution >= 4 is 21.9 Å². The number of esters is 1. The first-order chi connectivity index (χ1) is 8.70. The molecule has 0 radical (unpaired) electrons. The molecule has 0 aliphatic carbocycles. The van der Waals surface area contributed by atoms with Crippen LogP contribution in [-0.2, 0) is 9.53 Å². The molecule has 0 spiro atoms. The fourth-order valence-corrected chi connectivity index (χ4v) is 2.26. The first-order valence-corrected chi connectivity index (χ1v) is 8.06. The molecule has 1 unspecified atom stereocenters. The topological polar surface area (TPSA) is 26.3 Å². The van der Waals surface area contributed by atoms with Crippen LogP contribution < -0.4 is 0 Å². The summed E-state index contributed by atoms with van der Waals surface area (Å²) in [6, 6.07) is 0. The van der Waals surface area contributed by atoms with Crippen molar-refractivity contribution in [3.05, 3.63) is 0 Å². The lowest BCUT2D eigenvalue weighted by atomic mass is 10.1. The summed E-state index contributed by atoms with van der Waals surface area (Å²) in [6.45, 7) is 1.90. The Labute approximate surface area is 120 Å². The fraction of sp³-hybridized carbons (Fsp3) is 0.800. The van der Waals surface area contributed by atoms with Crippen LogP contribution in [0.25, 0.3) is 0 Å². The number of alkyl halides is 1. The molecule has 0 saturated carbocycles. The lowest BCUT2D eigenvalue weighted by Gasteiger charge is -2.10. The molecule has 0 rings (SSSR count). The highest BCUT2D eigenvalue weighted by atomic mass is 79.9. The Hall–Kier alpha value is -0.490. The standard InChI is InChI=1S/C15H25BrO2/c1-3-15(17)18-14(2)12-10-8-6-4-5-7-9-11-13-16/h1,14H,4-13H2,2H3. The summed E-state index contributed by atoms with van der Waals surface area (Å²) in [7, 11) is 0. The number of halogens is 1. The Kier molecular flexibility index (Phi) is 12.6. The molecule has 0 N–H and O–H groups in total. The van der Waals surface area contributed by atoms with Crippen LogP contribution in [0.15, 0.2) is 0 Å². The van der Waals surface area contributed by atoms with Gasteiger partial charge in [-0.25, -0.2) is 4.79 Å². The highest BCUT2D eigenvalue weighted by molar-refractivity contribution is 9.09. The molecule has 104 valence electrons. The number of unbranched alkanes of at least 4 members (excludes halogenated alkanes) is 7. The van der Waals surface area contributed by atoms with Crippen LogP contribution in [0.2, 0.25) is 0 Å². The van der Waals surface area contributed by atoms with Crippen LogP contribution in [0.3, 0.4) is 0 Å². The average Bonchev–Trinajstić information content (AvgIpc) is 2.36. The highest BCUT2D eigenvalue weighted by Crippen LogP contribution is 2.12. The van der Waals surface area contributed by atoms with Crippen LogP contribution in [0.1, 0.15) is 64.7 Å². The van der Waals surface area contributed by atoms with E-state index in [0.29, 0.717) is 0 Å². The molecule has 0 aromatic rings. The van der Waals surface area contributed by atoms with Gasteiger partial charge in [-0.05, 0) is 26.2 Å². The Bertz CT molecular complexity index is 245. The van der Waals surface area contributed by atoms with Crippen molar-refractivity contribution in [1.29, 1.82) is 0 Å². The molecule has 0 aliphatic heterocycles. The van der Waals surface area contributed by atoms with Crippen LogP contribution in [-0.4, -0.2) is 17.4 Å². The molecule has 1 atom stereocenters. The van der Waals surface area contributed by atoms with Gasteiger partial charge in [-0.1, -0.05) is 54.5 Å². The fourth-order valence-electron chi connectivity index (χ4n) is 1.86. The Morgan fingerprint density at radius 3 is 2.11 bits per heavy atom. The largest absolute Gasteiger partial charge is 0.453 e. The molecule has 0 saturated heterocycles. The minimum atomic E-state index is -0.547. The van der Waals surface area contributed by atoms with Crippen LogP contribution in [0.5, 0.6) is 0 Å². The van der Waals surface area contributed by atoms with Gasteiger partial charge in [0.2, 0.25) is 0 Å². The van der Waals surface area contributed by atoms with Crippen molar-refractivity contribution in [2.45, 2.75) is 70.8 Å². The maximum Gasteiger partial charge on any atom is 0.384 e. The summed E-state index contributed by atoms with van der Waals surface area (Å²) >= 11 is 3.44. The SMILES string of the molecule is C#CC(=O)OC(C)CCCCCCCCCCBr. The Morgan fingerprint density at radius 2 is 1.61 bits per heavy atom. The zero-order valence-electron chi connectivity index (χ0n) is 11.4. The third-order valence-electron chi connectivity index (χ3n) is 2.92. The minimum absolute atomic E-state index is 0.0486. The normalized spacial score (nSPS) is 11.8. The highest BCUT2D eigenvalue weighted by Gasteiger charge is 2.05. The summed E-state index contributed by atoms with van der Waals surface area (Å²) in [5.74, 6) is 1.42. The smallest absolute Gasteiger partial charge is 0.384 e. The molecule has 0 aromatic heterocycles. The van der Waals surface area contributed by atoms with E-state index >= 15 is 0 Å². The second kappa shape index (κ2) is 13.0. The predicted molar refractivity (Wildman–Crippen MR) is 79.7 cm³/mol. The number of carbonyl (C=O) groups is 1. The van der Waals surface area contributed by atoms with Crippen LogP contribution in [0, 0.1) is 12.3 Å². The lowest BCUT2D eigenvalue weighted by Crippen LogP contribution is -2.12. The first-order valence-electron chi connectivity index (χ1n) is 6.94. The van der Waals surface area contributed by atoms with E-state index in [4.69, 9.17) is 11.2 Å².